The molecule has 4 nitrogen and oxygen atoms in total. The molecule has 0 atom stereocenters. The van der Waals surface area contributed by atoms with Gasteiger partial charge >= 0.3 is 0 Å². The third-order valence-electron chi connectivity index (χ3n) is 2.43. The Labute approximate surface area is 122 Å². The van der Waals surface area contributed by atoms with Crippen LogP contribution in [-0.4, -0.2) is 8.42 Å². The fourth-order valence-corrected chi connectivity index (χ4v) is 2.95. The van der Waals surface area contributed by atoms with Crippen molar-refractivity contribution in [2.75, 3.05) is 10.5 Å². The summed E-state index contributed by atoms with van der Waals surface area (Å²) in [6, 6.07) is 6.88. The Hall–Kier alpha value is -1.67. The molecule has 0 aliphatic carbocycles. The summed E-state index contributed by atoms with van der Waals surface area (Å²) in [6.45, 7) is 0. The maximum atomic E-state index is 13.7. The Morgan fingerprint density at radius 1 is 1.05 bits per heavy atom. The number of hydrogen-bond donors (Lipinski definition) is 2. The van der Waals surface area contributed by atoms with E-state index in [1.165, 1.54) is 12.1 Å². The summed E-state index contributed by atoms with van der Waals surface area (Å²) in [5.41, 5.74) is 5.18. The number of nitrogen functional groups attached to an aromatic ring is 1. The van der Waals surface area contributed by atoms with Crippen LogP contribution in [0.1, 0.15) is 0 Å². The lowest BCUT2D eigenvalue weighted by Gasteiger charge is -2.10. The minimum atomic E-state index is -4.11. The lowest BCUT2D eigenvalue weighted by atomic mass is 10.3. The first-order chi connectivity index (χ1) is 9.29. The maximum absolute atomic E-state index is 13.7. The van der Waals surface area contributed by atoms with Crippen LogP contribution < -0.4 is 10.5 Å². The van der Waals surface area contributed by atoms with Crippen molar-refractivity contribution in [3.8, 4) is 0 Å². The molecule has 8 heteroatoms. The molecule has 0 aromatic heterocycles. The number of nitrogens with one attached hydrogen (secondary N) is 1. The van der Waals surface area contributed by atoms with E-state index in [1.807, 2.05) is 0 Å². The highest BCUT2D eigenvalue weighted by Gasteiger charge is 2.19. The molecule has 0 heterocycles. The molecule has 106 valence electrons. The number of sulfonamides is 1. The molecule has 3 N–H and O–H groups in total. The van der Waals surface area contributed by atoms with Gasteiger partial charge in [-0.05, 0) is 36.4 Å². The van der Waals surface area contributed by atoms with Crippen molar-refractivity contribution in [2.45, 2.75) is 4.90 Å². The van der Waals surface area contributed by atoms with Crippen LogP contribution in [0.25, 0.3) is 0 Å². The molecule has 0 spiro atoms. The van der Waals surface area contributed by atoms with Crippen LogP contribution in [-0.2, 0) is 10.0 Å². The molecule has 0 aliphatic rings. The van der Waals surface area contributed by atoms with Crippen LogP contribution in [0.3, 0.4) is 0 Å². The normalized spacial score (nSPS) is 11.3. The van der Waals surface area contributed by atoms with Crippen molar-refractivity contribution < 1.29 is 17.2 Å². The first kappa shape index (κ1) is 14.7. The van der Waals surface area contributed by atoms with Gasteiger partial charge in [-0.2, -0.15) is 0 Å². The van der Waals surface area contributed by atoms with E-state index in [0.717, 1.165) is 24.3 Å². The average Bonchev–Trinajstić information content (AvgIpc) is 2.33. The van der Waals surface area contributed by atoms with Crippen molar-refractivity contribution in [1.29, 1.82) is 0 Å². The van der Waals surface area contributed by atoms with Crippen molar-refractivity contribution in [3.63, 3.8) is 0 Å². The number of benzene rings is 2. The molecule has 0 bridgehead atoms. The van der Waals surface area contributed by atoms with E-state index >= 15 is 0 Å². The first-order valence-corrected chi connectivity index (χ1v) is 7.60. The van der Waals surface area contributed by atoms with Crippen LogP contribution in [0, 0.1) is 11.6 Å². The first-order valence-electron chi connectivity index (χ1n) is 5.32. The minimum absolute atomic E-state index is 0.0474. The lowest BCUT2D eigenvalue weighted by Crippen LogP contribution is -2.14. The van der Waals surface area contributed by atoms with E-state index in [1.54, 1.807) is 0 Å². The molecule has 0 saturated carbocycles. The number of halogens is 3. The molecule has 2 rings (SSSR count). The summed E-state index contributed by atoms with van der Waals surface area (Å²) in [4.78, 5) is -0.511. The molecule has 0 saturated heterocycles. The highest BCUT2D eigenvalue weighted by atomic mass is 79.9. The van der Waals surface area contributed by atoms with E-state index in [2.05, 4.69) is 20.7 Å². The van der Waals surface area contributed by atoms with Gasteiger partial charge in [0.25, 0.3) is 10.0 Å². The second kappa shape index (κ2) is 5.37. The molecule has 0 unspecified atom stereocenters. The van der Waals surface area contributed by atoms with E-state index in [9.17, 15) is 17.2 Å². The number of anilines is 2. The second-order valence-corrected chi connectivity index (χ2v) is 6.48. The molecule has 0 aliphatic heterocycles. The van der Waals surface area contributed by atoms with Gasteiger partial charge in [-0.3, -0.25) is 4.72 Å². The second-order valence-electron chi connectivity index (χ2n) is 3.92. The summed E-state index contributed by atoms with van der Waals surface area (Å²) in [6.07, 6.45) is 0. The van der Waals surface area contributed by atoms with Gasteiger partial charge in [0.2, 0.25) is 0 Å². The topological polar surface area (TPSA) is 72.2 Å². The number of hydrogen-bond acceptors (Lipinski definition) is 3. The summed E-state index contributed by atoms with van der Waals surface area (Å²) >= 11 is 3.03. The van der Waals surface area contributed by atoms with Crippen LogP contribution >= 0.6 is 15.9 Å². The SMILES string of the molecule is Nc1cc(NS(=O)(=O)c2ccc(Br)cc2F)ccc1F. The third-order valence-corrected chi connectivity index (χ3v) is 4.34. The van der Waals surface area contributed by atoms with Crippen LogP contribution in [0.15, 0.2) is 45.8 Å². The molecule has 20 heavy (non-hydrogen) atoms. The van der Waals surface area contributed by atoms with Gasteiger partial charge in [0.15, 0.2) is 0 Å². The zero-order valence-electron chi connectivity index (χ0n) is 9.90. The van der Waals surface area contributed by atoms with Gasteiger partial charge in [-0.15, -0.1) is 0 Å². The van der Waals surface area contributed by atoms with Crippen molar-refractivity contribution in [3.05, 3.63) is 52.5 Å². The van der Waals surface area contributed by atoms with E-state index < -0.39 is 26.6 Å². The van der Waals surface area contributed by atoms with E-state index in [4.69, 9.17) is 5.73 Å². The average molecular weight is 363 g/mol. The highest BCUT2D eigenvalue weighted by Crippen LogP contribution is 2.23. The van der Waals surface area contributed by atoms with Crippen molar-refractivity contribution in [2.24, 2.45) is 0 Å². The molecule has 0 amide bonds. The summed E-state index contributed by atoms with van der Waals surface area (Å²) in [5.74, 6) is -1.57. The Morgan fingerprint density at radius 3 is 2.35 bits per heavy atom. The standard InChI is InChI=1S/C12H9BrF2N2O2S/c13-7-1-4-12(10(15)5-7)20(18,19)17-8-2-3-9(14)11(16)6-8/h1-6,17H,16H2. The Bertz CT molecular complexity index is 766. The summed E-state index contributed by atoms with van der Waals surface area (Å²) in [5, 5.41) is 0. The monoisotopic (exact) mass is 362 g/mol. The fraction of sp³-hybridized carbons (Fsp3) is 0. The Kier molecular flexibility index (Phi) is 3.96. The van der Waals surface area contributed by atoms with Gasteiger partial charge in [0.05, 0.1) is 11.4 Å². The van der Waals surface area contributed by atoms with Gasteiger partial charge < -0.3 is 5.73 Å². The van der Waals surface area contributed by atoms with E-state index in [-0.39, 0.29) is 11.4 Å². The third kappa shape index (κ3) is 3.07. The smallest absolute Gasteiger partial charge is 0.264 e. The molecular weight excluding hydrogens is 354 g/mol. The fourth-order valence-electron chi connectivity index (χ4n) is 1.51. The molecule has 2 aromatic carbocycles. The Balaban J connectivity index is 2.38. The molecule has 0 radical (unpaired) electrons. The van der Waals surface area contributed by atoms with Gasteiger partial charge in [-0.25, -0.2) is 17.2 Å². The van der Waals surface area contributed by atoms with Gasteiger partial charge in [0, 0.05) is 4.47 Å². The summed E-state index contributed by atoms with van der Waals surface area (Å²) < 4.78 is 53.3. The zero-order chi connectivity index (χ0) is 14.9. The van der Waals surface area contributed by atoms with Crippen LogP contribution in [0.4, 0.5) is 20.2 Å². The van der Waals surface area contributed by atoms with Gasteiger partial charge in [-0.1, -0.05) is 15.9 Å². The molecule has 0 fully saturated rings. The predicted molar refractivity (Wildman–Crippen MR) is 75.7 cm³/mol. The highest BCUT2D eigenvalue weighted by molar-refractivity contribution is 9.10. The zero-order valence-corrected chi connectivity index (χ0v) is 12.3. The summed E-state index contributed by atoms with van der Waals surface area (Å²) in [7, 11) is -4.11. The minimum Gasteiger partial charge on any atom is -0.396 e. The van der Waals surface area contributed by atoms with Crippen LogP contribution in [0.2, 0.25) is 0 Å². The number of nitrogens with two attached hydrogens (primary N) is 1. The van der Waals surface area contributed by atoms with Crippen molar-refractivity contribution in [1.82, 2.24) is 0 Å². The van der Waals surface area contributed by atoms with Gasteiger partial charge in [0.1, 0.15) is 16.5 Å². The number of rotatable bonds is 3. The maximum Gasteiger partial charge on any atom is 0.264 e. The van der Waals surface area contributed by atoms with Crippen molar-refractivity contribution >= 4 is 37.3 Å². The predicted octanol–water partition coefficient (Wildman–Crippen LogP) is 3.11. The Morgan fingerprint density at radius 2 is 1.75 bits per heavy atom. The van der Waals surface area contributed by atoms with E-state index in [0.29, 0.717) is 4.47 Å². The molecular formula is C12H9BrF2N2O2S. The largest absolute Gasteiger partial charge is 0.396 e. The quantitative estimate of drug-likeness (QED) is 0.824. The lowest BCUT2D eigenvalue weighted by molar-refractivity contribution is 0.570. The van der Waals surface area contributed by atoms with Crippen LogP contribution in [0.5, 0.6) is 0 Å². The molecule has 2 aromatic rings.